The van der Waals surface area contributed by atoms with Gasteiger partial charge in [0, 0.05) is 11.9 Å². The number of nitrogens with zero attached hydrogens (tertiary/aromatic N) is 1. The normalized spacial score (nSPS) is 10.4. The molecule has 2 N–H and O–H groups in total. The minimum absolute atomic E-state index is 0.107. The van der Waals surface area contributed by atoms with Crippen molar-refractivity contribution in [3.63, 3.8) is 0 Å². The molecule has 0 atom stereocenters. The molecule has 1 aromatic carbocycles. The molecule has 0 bridgehead atoms. The van der Waals surface area contributed by atoms with Crippen LogP contribution >= 0.6 is 11.8 Å². The molecule has 1 aromatic heterocycles. The number of thioether (sulfide) groups is 1. The van der Waals surface area contributed by atoms with E-state index in [1.54, 1.807) is 26.0 Å². The van der Waals surface area contributed by atoms with Gasteiger partial charge in [-0.05, 0) is 37.1 Å². The third-order valence-electron chi connectivity index (χ3n) is 2.76. The van der Waals surface area contributed by atoms with Gasteiger partial charge in [0.15, 0.2) is 0 Å². The van der Waals surface area contributed by atoms with E-state index in [9.17, 15) is 14.0 Å². The summed E-state index contributed by atoms with van der Waals surface area (Å²) in [6, 6.07) is 4.51. The van der Waals surface area contributed by atoms with Gasteiger partial charge in [0.1, 0.15) is 5.82 Å². The summed E-state index contributed by atoms with van der Waals surface area (Å²) >= 11 is 1.19. The monoisotopic (exact) mass is 307 g/mol. The van der Waals surface area contributed by atoms with Crippen LogP contribution in [0, 0.1) is 19.7 Å². The molecule has 0 saturated carbocycles. The molecule has 0 saturated heterocycles. The Morgan fingerprint density at radius 1 is 1.38 bits per heavy atom. The third kappa shape index (κ3) is 4.16. The first-order valence-corrected chi connectivity index (χ1v) is 7.19. The Kier molecular flexibility index (Phi) is 4.74. The van der Waals surface area contributed by atoms with E-state index >= 15 is 0 Å². The van der Waals surface area contributed by atoms with E-state index in [1.165, 1.54) is 24.0 Å². The predicted octanol–water partition coefficient (Wildman–Crippen LogP) is 2.26. The van der Waals surface area contributed by atoms with Crippen molar-refractivity contribution in [3.8, 4) is 0 Å². The Labute approximate surface area is 125 Å². The standard InChI is InChI=1S/C14H14FN3O2S/c1-8-3-4-10(5-11(8)15)17-12(19)7-21-13-9(2)6-16-14(20)18-13/h3-6H,7H2,1-2H3,(H,17,19)(H,16,18,20). The molecule has 110 valence electrons. The minimum atomic E-state index is -0.455. The largest absolute Gasteiger partial charge is 0.345 e. The number of carbonyl (C=O) groups excluding carboxylic acids is 1. The SMILES string of the molecule is Cc1ccc(NC(=O)CSc2[nH]c(=O)ncc2C)cc1F. The first-order valence-electron chi connectivity index (χ1n) is 6.20. The predicted molar refractivity (Wildman–Crippen MR) is 80.1 cm³/mol. The van der Waals surface area contributed by atoms with Gasteiger partial charge in [-0.15, -0.1) is 0 Å². The van der Waals surface area contributed by atoms with Crippen LogP contribution in [0.4, 0.5) is 10.1 Å². The number of hydrogen-bond acceptors (Lipinski definition) is 4. The second-order valence-corrected chi connectivity index (χ2v) is 5.49. The van der Waals surface area contributed by atoms with Gasteiger partial charge in [-0.25, -0.2) is 14.2 Å². The minimum Gasteiger partial charge on any atom is -0.325 e. The third-order valence-corrected chi connectivity index (χ3v) is 3.88. The molecule has 0 unspecified atom stereocenters. The number of benzene rings is 1. The van der Waals surface area contributed by atoms with Crippen LogP contribution in [-0.4, -0.2) is 21.6 Å². The van der Waals surface area contributed by atoms with Gasteiger partial charge in [-0.3, -0.25) is 4.79 Å². The highest BCUT2D eigenvalue weighted by Gasteiger charge is 2.08. The van der Waals surface area contributed by atoms with Gasteiger partial charge in [0.2, 0.25) is 5.91 Å². The number of amides is 1. The molecular weight excluding hydrogens is 293 g/mol. The lowest BCUT2D eigenvalue weighted by atomic mass is 10.2. The van der Waals surface area contributed by atoms with Crippen molar-refractivity contribution in [2.45, 2.75) is 18.9 Å². The summed E-state index contributed by atoms with van der Waals surface area (Å²) < 4.78 is 13.4. The lowest BCUT2D eigenvalue weighted by Crippen LogP contribution is -2.16. The van der Waals surface area contributed by atoms with Crippen molar-refractivity contribution in [2.75, 3.05) is 11.1 Å². The fraction of sp³-hybridized carbons (Fsp3) is 0.214. The summed E-state index contributed by atoms with van der Waals surface area (Å²) in [5, 5.41) is 3.20. The van der Waals surface area contributed by atoms with Gasteiger partial charge in [0.05, 0.1) is 10.8 Å². The summed E-state index contributed by atoms with van der Waals surface area (Å²) in [6.07, 6.45) is 1.45. The van der Waals surface area contributed by atoms with Crippen molar-refractivity contribution < 1.29 is 9.18 Å². The average molecular weight is 307 g/mol. The fourth-order valence-electron chi connectivity index (χ4n) is 1.60. The van der Waals surface area contributed by atoms with Crippen molar-refractivity contribution in [2.24, 2.45) is 0 Å². The highest BCUT2D eigenvalue weighted by atomic mass is 32.2. The maximum Gasteiger partial charge on any atom is 0.345 e. The Morgan fingerprint density at radius 3 is 2.86 bits per heavy atom. The van der Waals surface area contributed by atoms with Gasteiger partial charge < -0.3 is 10.3 Å². The number of nitrogens with one attached hydrogen (secondary N) is 2. The molecule has 0 fully saturated rings. The summed E-state index contributed by atoms with van der Waals surface area (Å²) in [5.41, 5.74) is 1.26. The van der Waals surface area contributed by atoms with Crippen LogP contribution in [0.1, 0.15) is 11.1 Å². The topological polar surface area (TPSA) is 74.8 Å². The van der Waals surface area contributed by atoms with E-state index in [2.05, 4.69) is 15.3 Å². The van der Waals surface area contributed by atoms with Crippen LogP contribution < -0.4 is 11.0 Å². The van der Waals surface area contributed by atoms with Crippen molar-refractivity contribution in [3.05, 3.63) is 51.8 Å². The Balaban J connectivity index is 1.97. The van der Waals surface area contributed by atoms with Crippen LogP contribution in [0.25, 0.3) is 0 Å². The number of aromatic nitrogens is 2. The van der Waals surface area contributed by atoms with Gasteiger partial charge >= 0.3 is 5.69 Å². The number of anilines is 1. The van der Waals surface area contributed by atoms with Gasteiger partial charge in [-0.1, -0.05) is 17.8 Å². The van der Waals surface area contributed by atoms with Gasteiger partial charge in [-0.2, -0.15) is 0 Å². The molecule has 0 radical (unpaired) electrons. The molecule has 1 heterocycles. The van der Waals surface area contributed by atoms with Gasteiger partial charge in [0.25, 0.3) is 0 Å². The fourth-order valence-corrected chi connectivity index (χ4v) is 2.38. The molecule has 5 nitrogen and oxygen atoms in total. The Bertz CT molecular complexity index is 730. The molecule has 1 amide bonds. The Hall–Kier alpha value is -2.15. The van der Waals surface area contributed by atoms with E-state index < -0.39 is 5.69 Å². The number of hydrogen-bond donors (Lipinski definition) is 2. The van der Waals surface area contributed by atoms with Crippen LogP contribution in [0.15, 0.2) is 34.2 Å². The molecule has 0 aliphatic rings. The van der Waals surface area contributed by atoms with Crippen LogP contribution in [0.3, 0.4) is 0 Å². The molecule has 0 aliphatic heterocycles. The zero-order chi connectivity index (χ0) is 15.4. The lowest BCUT2D eigenvalue weighted by molar-refractivity contribution is -0.113. The number of aryl methyl sites for hydroxylation is 2. The van der Waals surface area contributed by atoms with Crippen molar-refractivity contribution >= 4 is 23.4 Å². The summed E-state index contributed by atoms with van der Waals surface area (Å²) in [4.78, 5) is 29.1. The average Bonchev–Trinajstić information content (AvgIpc) is 2.44. The highest BCUT2D eigenvalue weighted by Crippen LogP contribution is 2.18. The first-order chi connectivity index (χ1) is 9.95. The first kappa shape index (κ1) is 15.2. The molecule has 21 heavy (non-hydrogen) atoms. The smallest absolute Gasteiger partial charge is 0.325 e. The van der Waals surface area contributed by atoms with E-state index in [4.69, 9.17) is 0 Å². The summed E-state index contributed by atoms with van der Waals surface area (Å²) in [7, 11) is 0. The molecule has 0 aliphatic carbocycles. The molecule has 2 aromatic rings. The van der Waals surface area contributed by atoms with E-state index in [1.807, 2.05) is 0 Å². The van der Waals surface area contributed by atoms with Crippen LogP contribution in [0.2, 0.25) is 0 Å². The number of halogens is 1. The zero-order valence-electron chi connectivity index (χ0n) is 11.6. The Morgan fingerprint density at radius 2 is 2.14 bits per heavy atom. The highest BCUT2D eigenvalue weighted by molar-refractivity contribution is 8.00. The lowest BCUT2D eigenvalue weighted by Gasteiger charge is -2.07. The maximum absolute atomic E-state index is 13.4. The molecule has 2 rings (SSSR count). The van der Waals surface area contributed by atoms with Crippen LogP contribution in [-0.2, 0) is 4.79 Å². The number of H-pyrrole nitrogens is 1. The molecular formula is C14H14FN3O2S. The second kappa shape index (κ2) is 6.53. The number of carbonyl (C=O) groups is 1. The van der Waals surface area contributed by atoms with E-state index in [0.717, 1.165) is 5.56 Å². The molecule has 0 spiro atoms. The zero-order valence-corrected chi connectivity index (χ0v) is 12.4. The van der Waals surface area contributed by atoms with Crippen LogP contribution in [0.5, 0.6) is 0 Å². The van der Waals surface area contributed by atoms with Crippen molar-refractivity contribution in [1.82, 2.24) is 9.97 Å². The van der Waals surface area contributed by atoms with E-state index in [0.29, 0.717) is 16.3 Å². The summed E-state index contributed by atoms with van der Waals surface area (Å²) in [6.45, 7) is 3.44. The maximum atomic E-state index is 13.4. The number of aromatic amines is 1. The number of rotatable bonds is 4. The van der Waals surface area contributed by atoms with E-state index in [-0.39, 0.29) is 17.5 Å². The van der Waals surface area contributed by atoms with Crippen molar-refractivity contribution in [1.29, 1.82) is 0 Å². The quantitative estimate of drug-likeness (QED) is 0.671. The second-order valence-electron chi connectivity index (χ2n) is 4.50. The molecule has 7 heteroatoms. The summed E-state index contributed by atoms with van der Waals surface area (Å²) in [5.74, 6) is -0.536.